The lowest BCUT2D eigenvalue weighted by Gasteiger charge is -2.25. The van der Waals surface area contributed by atoms with Gasteiger partial charge in [-0.15, -0.1) is 11.3 Å². The van der Waals surface area contributed by atoms with Crippen molar-refractivity contribution in [3.63, 3.8) is 0 Å². The Balaban J connectivity index is 2.10. The maximum absolute atomic E-state index is 12.1. The Morgan fingerprint density at radius 1 is 1.43 bits per heavy atom. The molecule has 0 aromatic carbocycles. The molecule has 1 atom stereocenters. The number of carbonyl (C=O) groups excluding carboxylic acids is 2. The van der Waals surface area contributed by atoms with Crippen molar-refractivity contribution in [1.29, 1.82) is 0 Å². The van der Waals surface area contributed by atoms with Crippen molar-refractivity contribution in [3.05, 3.63) is 23.3 Å². The molecule has 7 nitrogen and oxygen atoms in total. The predicted octanol–water partition coefficient (Wildman–Crippen LogP) is 2.24. The number of aromatic nitrogens is 2. The van der Waals surface area contributed by atoms with Crippen molar-refractivity contribution in [1.82, 2.24) is 9.97 Å². The van der Waals surface area contributed by atoms with Gasteiger partial charge in [0.05, 0.1) is 18.8 Å². The number of H-pyrrole nitrogens is 1. The van der Waals surface area contributed by atoms with E-state index in [1.165, 1.54) is 18.4 Å². The van der Waals surface area contributed by atoms with Crippen molar-refractivity contribution in [2.75, 3.05) is 12.4 Å². The van der Waals surface area contributed by atoms with Gasteiger partial charge in [-0.3, -0.25) is 4.79 Å². The largest absolute Gasteiger partial charge is 0.464 e. The van der Waals surface area contributed by atoms with E-state index in [1.807, 2.05) is 20.8 Å². The van der Waals surface area contributed by atoms with Crippen LogP contribution in [0.25, 0.3) is 11.3 Å². The van der Waals surface area contributed by atoms with Crippen LogP contribution in [0.5, 0.6) is 0 Å². The fourth-order valence-electron chi connectivity index (χ4n) is 1.81. The van der Waals surface area contributed by atoms with Gasteiger partial charge < -0.3 is 20.8 Å². The summed E-state index contributed by atoms with van der Waals surface area (Å²) in [6, 6.07) is 1.01. The summed E-state index contributed by atoms with van der Waals surface area (Å²) < 4.78 is 4.64. The Bertz CT molecular complexity index is 714. The first-order valence-corrected chi connectivity index (χ1v) is 7.89. The van der Waals surface area contributed by atoms with Gasteiger partial charge in [0.1, 0.15) is 5.69 Å². The third-order valence-electron chi connectivity index (χ3n) is 3.33. The van der Waals surface area contributed by atoms with Gasteiger partial charge in [-0.25, -0.2) is 9.78 Å². The number of thiazole rings is 1. The fraction of sp³-hybridized carbons (Fsp3) is 0.400. The maximum atomic E-state index is 12.1. The third-order valence-corrected chi connectivity index (χ3v) is 4.09. The van der Waals surface area contributed by atoms with E-state index >= 15 is 0 Å². The SMILES string of the molecule is COC(=O)c1cc(-c2csc(NC(=O)[C@@H](N)C(C)(C)C)n2)c[nH]1. The summed E-state index contributed by atoms with van der Waals surface area (Å²) in [5.74, 6) is -0.723. The van der Waals surface area contributed by atoms with E-state index in [4.69, 9.17) is 5.73 Å². The molecule has 0 unspecified atom stereocenters. The number of nitrogens with two attached hydrogens (primary N) is 1. The summed E-state index contributed by atoms with van der Waals surface area (Å²) >= 11 is 1.30. The van der Waals surface area contributed by atoms with Crippen LogP contribution in [0.15, 0.2) is 17.6 Å². The van der Waals surface area contributed by atoms with Crippen LogP contribution in [0.4, 0.5) is 5.13 Å². The molecular formula is C15H20N4O3S. The number of ether oxygens (including phenoxy) is 1. The van der Waals surface area contributed by atoms with Gasteiger partial charge in [0.2, 0.25) is 5.91 Å². The number of nitrogens with one attached hydrogen (secondary N) is 2. The van der Waals surface area contributed by atoms with E-state index in [1.54, 1.807) is 17.6 Å². The molecule has 23 heavy (non-hydrogen) atoms. The molecule has 0 spiro atoms. The van der Waals surface area contributed by atoms with E-state index in [0.29, 0.717) is 16.5 Å². The van der Waals surface area contributed by atoms with Gasteiger partial charge in [-0.2, -0.15) is 0 Å². The maximum Gasteiger partial charge on any atom is 0.354 e. The highest BCUT2D eigenvalue weighted by Gasteiger charge is 2.28. The molecule has 124 valence electrons. The molecule has 0 aliphatic carbocycles. The van der Waals surface area contributed by atoms with Crippen molar-refractivity contribution in [2.45, 2.75) is 26.8 Å². The Morgan fingerprint density at radius 2 is 2.13 bits per heavy atom. The monoisotopic (exact) mass is 336 g/mol. The van der Waals surface area contributed by atoms with Crippen molar-refractivity contribution >= 4 is 28.3 Å². The summed E-state index contributed by atoms with van der Waals surface area (Å²) in [6.07, 6.45) is 1.66. The predicted molar refractivity (Wildman–Crippen MR) is 89.3 cm³/mol. The van der Waals surface area contributed by atoms with Crippen molar-refractivity contribution < 1.29 is 14.3 Å². The molecule has 2 heterocycles. The Hall–Kier alpha value is -2.19. The number of aromatic amines is 1. The quantitative estimate of drug-likeness (QED) is 0.742. The first-order chi connectivity index (χ1) is 10.7. The number of hydrogen-bond acceptors (Lipinski definition) is 6. The number of rotatable bonds is 4. The van der Waals surface area contributed by atoms with Crippen LogP contribution in [0.1, 0.15) is 31.3 Å². The molecule has 2 rings (SSSR count). The fourth-order valence-corrected chi connectivity index (χ4v) is 2.53. The van der Waals surface area contributed by atoms with Crippen LogP contribution >= 0.6 is 11.3 Å². The molecule has 0 fully saturated rings. The number of esters is 1. The zero-order chi connectivity index (χ0) is 17.2. The summed E-state index contributed by atoms with van der Waals surface area (Å²) in [5, 5.41) is 4.98. The number of nitrogens with zero attached hydrogens (tertiary/aromatic N) is 1. The lowest BCUT2D eigenvalue weighted by atomic mass is 9.87. The molecule has 0 radical (unpaired) electrons. The number of amides is 1. The molecule has 0 bridgehead atoms. The lowest BCUT2D eigenvalue weighted by Crippen LogP contribution is -2.45. The highest BCUT2D eigenvalue weighted by atomic mass is 32.1. The van der Waals surface area contributed by atoms with Crippen LogP contribution in [0.3, 0.4) is 0 Å². The van der Waals surface area contributed by atoms with Crippen LogP contribution in [-0.2, 0) is 9.53 Å². The standard InChI is InChI=1S/C15H20N4O3S/c1-15(2,3)11(16)12(20)19-14-18-10(7-23-14)8-5-9(17-6-8)13(21)22-4/h5-7,11,17H,16H2,1-4H3,(H,18,19,20)/t11-/m1/s1. The number of anilines is 1. The van der Waals surface area contributed by atoms with Gasteiger partial charge in [0.15, 0.2) is 5.13 Å². The summed E-state index contributed by atoms with van der Waals surface area (Å²) in [6.45, 7) is 5.70. The van der Waals surface area contributed by atoms with Crippen molar-refractivity contribution in [2.24, 2.45) is 11.1 Å². The highest BCUT2D eigenvalue weighted by Crippen LogP contribution is 2.26. The van der Waals surface area contributed by atoms with Crippen molar-refractivity contribution in [3.8, 4) is 11.3 Å². The van der Waals surface area contributed by atoms with E-state index in [-0.39, 0.29) is 11.3 Å². The van der Waals surface area contributed by atoms with Crippen LogP contribution < -0.4 is 11.1 Å². The number of hydrogen-bond donors (Lipinski definition) is 3. The van der Waals surface area contributed by atoms with E-state index in [2.05, 4.69) is 20.0 Å². The molecule has 8 heteroatoms. The van der Waals surface area contributed by atoms with E-state index < -0.39 is 12.0 Å². The second-order valence-electron chi connectivity index (χ2n) is 6.16. The zero-order valence-electron chi connectivity index (χ0n) is 13.5. The Kier molecular flexibility index (Phi) is 4.86. The third kappa shape index (κ3) is 3.96. The van der Waals surface area contributed by atoms with Crippen LogP contribution in [0, 0.1) is 5.41 Å². The van der Waals surface area contributed by atoms with Crippen LogP contribution in [0.2, 0.25) is 0 Å². The van der Waals surface area contributed by atoms with Gasteiger partial charge in [0, 0.05) is 17.1 Å². The molecule has 0 aliphatic rings. The Morgan fingerprint density at radius 3 is 2.74 bits per heavy atom. The normalized spacial score (nSPS) is 12.7. The van der Waals surface area contributed by atoms with E-state index in [9.17, 15) is 9.59 Å². The molecule has 0 aliphatic heterocycles. The van der Waals surface area contributed by atoms with Crippen LogP contribution in [-0.4, -0.2) is 35.0 Å². The average molecular weight is 336 g/mol. The minimum absolute atomic E-state index is 0.275. The zero-order valence-corrected chi connectivity index (χ0v) is 14.3. The summed E-state index contributed by atoms with van der Waals surface area (Å²) in [5.41, 5.74) is 7.32. The van der Waals surface area contributed by atoms with Gasteiger partial charge in [-0.1, -0.05) is 20.8 Å². The Labute approximate surface area is 138 Å². The average Bonchev–Trinajstić information content (AvgIpc) is 3.13. The minimum Gasteiger partial charge on any atom is -0.464 e. The lowest BCUT2D eigenvalue weighted by molar-refractivity contribution is -0.119. The first-order valence-electron chi connectivity index (χ1n) is 7.01. The minimum atomic E-state index is -0.631. The van der Waals surface area contributed by atoms with Gasteiger partial charge in [0.25, 0.3) is 0 Å². The molecule has 0 saturated heterocycles. The molecule has 2 aromatic heterocycles. The molecular weight excluding hydrogens is 316 g/mol. The first kappa shape index (κ1) is 17.2. The second kappa shape index (κ2) is 6.51. The highest BCUT2D eigenvalue weighted by molar-refractivity contribution is 7.14. The molecule has 4 N–H and O–H groups in total. The number of carbonyl (C=O) groups is 2. The number of methoxy groups -OCH3 is 1. The topological polar surface area (TPSA) is 110 Å². The second-order valence-corrected chi connectivity index (χ2v) is 7.02. The molecule has 2 aromatic rings. The molecule has 1 amide bonds. The smallest absolute Gasteiger partial charge is 0.354 e. The van der Waals surface area contributed by atoms with Gasteiger partial charge >= 0.3 is 5.97 Å². The molecule has 0 saturated carbocycles. The van der Waals surface area contributed by atoms with Gasteiger partial charge in [-0.05, 0) is 11.5 Å². The summed E-state index contributed by atoms with van der Waals surface area (Å²) in [4.78, 5) is 30.7. The summed E-state index contributed by atoms with van der Waals surface area (Å²) in [7, 11) is 1.32. The van der Waals surface area contributed by atoms with E-state index in [0.717, 1.165) is 5.56 Å².